The van der Waals surface area contributed by atoms with Gasteiger partial charge in [0, 0.05) is 19.2 Å². The molecule has 0 radical (unpaired) electrons. The molecule has 6 nitrogen and oxygen atoms in total. The molecule has 1 aliphatic rings. The molecule has 1 aromatic carbocycles. The Morgan fingerprint density at radius 2 is 1.90 bits per heavy atom. The lowest BCUT2D eigenvalue weighted by Gasteiger charge is -2.30. The summed E-state index contributed by atoms with van der Waals surface area (Å²) >= 11 is 2.94. The number of benzene rings is 1. The third kappa shape index (κ3) is 4.92. The Morgan fingerprint density at radius 1 is 1.03 bits per heavy atom. The summed E-state index contributed by atoms with van der Waals surface area (Å²) in [7, 11) is 0. The first-order valence-corrected chi connectivity index (χ1v) is 11.6. The average molecular weight is 452 g/mol. The predicted octanol–water partition coefficient (Wildman–Crippen LogP) is 5.36. The van der Waals surface area contributed by atoms with Crippen molar-refractivity contribution in [3.05, 3.63) is 72.6 Å². The first-order valence-electron chi connectivity index (χ1n) is 10.0. The molecule has 0 saturated carbocycles. The third-order valence-electron chi connectivity index (χ3n) is 4.87. The van der Waals surface area contributed by atoms with E-state index in [0.717, 1.165) is 50.8 Å². The highest BCUT2D eigenvalue weighted by Crippen LogP contribution is 2.37. The number of ether oxygens (including phenoxy) is 2. The van der Waals surface area contributed by atoms with Crippen molar-refractivity contribution in [1.29, 1.82) is 0 Å². The molecule has 0 spiro atoms. The monoisotopic (exact) mass is 451 g/mol. The van der Waals surface area contributed by atoms with Crippen molar-refractivity contribution in [3.63, 3.8) is 0 Å². The molecule has 0 bridgehead atoms. The number of pyridine rings is 1. The van der Waals surface area contributed by atoms with Crippen molar-refractivity contribution in [2.24, 2.45) is 0 Å². The van der Waals surface area contributed by atoms with Gasteiger partial charge in [0.25, 0.3) is 0 Å². The SMILES string of the molecule is c1ccc(COc2cc(Sc3cc(-c4ccco4)sn3)ncc2N2CCOCC2)cc1. The summed E-state index contributed by atoms with van der Waals surface area (Å²) < 4.78 is 21.8. The van der Waals surface area contributed by atoms with Crippen LogP contribution in [0.4, 0.5) is 5.69 Å². The fourth-order valence-electron chi connectivity index (χ4n) is 3.31. The highest BCUT2D eigenvalue weighted by molar-refractivity contribution is 7.99. The lowest BCUT2D eigenvalue weighted by Crippen LogP contribution is -2.36. The largest absolute Gasteiger partial charge is 0.487 e. The molecule has 1 saturated heterocycles. The van der Waals surface area contributed by atoms with E-state index in [1.165, 1.54) is 23.3 Å². The third-order valence-corrected chi connectivity index (χ3v) is 6.64. The molecular weight excluding hydrogens is 430 g/mol. The van der Waals surface area contributed by atoms with Gasteiger partial charge < -0.3 is 18.8 Å². The highest BCUT2D eigenvalue weighted by atomic mass is 32.2. The summed E-state index contributed by atoms with van der Waals surface area (Å²) in [5.41, 5.74) is 2.13. The standard InChI is InChI=1S/C23H21N3O3S2/c1-2-5-17(6-3-1)16-29-20-13-22(24-15-18(20)26-8-11-27-12-9-26)30-23-14-21(31-25-23)19-7-4-10-28-19/h1-7,10,13-15H,8-9,11-12,16H2. The number of rotatable bonds is 7. The highest BCUT2D eigenvalue weighted by Gasteiger charge is 2.18. The summed E-state index contributed by atoms with van der Waals surface area (Å²) in [5, 5.41) is 1.73. The van der Waals surface area contributed by atoms with Crippen molar-refractivity contribution in [2.45, 2.75) is 16.7 Å². The molecule has 3 aromatic heterocycles. The van der Waals surface area contributed by atoms with Crippen LogP contribution in [0.2, 0.25) is 0 Å². The van der Waals surface area contributed by atoms with Gasteiger partial charge in [0.2, 0.25) is 0 Å². The summed E-state index contributed by atoms with van der Waals surface area (Å²) in [6.45, 7) is 3.58. The predicted molar refractivity (Wildman–Crippen MR) is 122 cm³/mol. The molecule has 31 heavy (non-hydrogen) atoms. The molecule has 0 N–H and O–H groups in total. The van der Waals surface area contributed by atoms with Gasteiger partial charge in [0.1, 0.15) is 28.2 Å². The van der Waals surface area contributed by atoms with Crippen LogP contribution >= 0.6 is 23.3 Å². The minimum atomic E-state index is 0.506. The van der Waals surface area contributed by atoms with Gasteiger partial charge in [-0.3, -0.25) is 0 Å². The van der Waals surface area contributed by atoms with Crippen molar-refractivity contribution < 1.29 is 13.9 Å². The second kappa shape index (κ2) is 9.55. The molecule has 4 aromatic rings. The lowest BCUT2D eigenvalue weighted by molar-refractivity contribution is 0.122. The van der Waals surface area contributed by atoms with Gasteiger partial charge in [0.05, 0.1) is 36.2 Å². The molecule has 1 aliphatic heterocycles. The summed E-state index contributed by atoms with van der Waals surface area (Å²) in [6.07, 6.45) is 3.57. The molecule has 0 aliphatic carbocycles. The quantitative estimate of drug-likeness (QED) is 0.375. The van der Waals surface area contributed by atoms with Gasteiger partial charge >= 0.3 is 0 Å². The van der Waals surface area contributed by atoms with Crippen LogP contribution in [0.3, 0.4) is 0 Å². The van der Waals surface area contributed by atoms with E-state index in [0.29, 0.717) is 19.8 Å². The van der Waals surface area contributed by atoms with Crippen molar-refractivity contribution in [1.82, 2.24) is 9.36 Å². The van der Waals surface area contributed by atoms with Crippen LogP contribution in [0.25, 0.3) is 10.6 Å². The van der Waals surface area contributed by atoms with Crippen LogP contribution in [-0.4, -0.2) is 35.7 Å². The zero-order chi connectivity index (χ0) is 20.9. The fourth-order valence-corrected chi connectivity index (χ4v) is 4.92. The van der Waals surface area contributed by atoms with Crippen LogP contribution in [-0.2, 0) is 11.3 Å². The second-order valence-electron chi connectivity index (χ2n) is 6.97. The first-order chi connectivity index (χ1) is 15.3. The molecule has 5 rings (SSSR count). The molecule has 0 amide bonds. The van der Waals surface area contributed by atoms with Crippen molar-refractivity contribution >= 4 is 29.0 Å². The molecule has 0 unspecified atom stereocenters. The normalized spacial score (nSPS) is 14.0. The Kier molecular flexibility index (Phi) is 6.20. The van der Waals surface area contributed by atoms with Gasteiger partial charge in [-0.2, -0.15) is 4.37 Å². The van der Waals surface area contributed by atoms with E-state index in [-0.39, 0.29) is 0 Å². The number of nitrogens with zero attached hydrogens (tertiary/aromatic N) is 3. The number of anilines is 1. The number of hydrogen-bond donors (Lipinski definition) is 0. The molecule has 8 heteroatoms. The van der Waals surface area contributed by atoms with Gasteiger partial charge in [-0.15, -0.1) is 0 Å². The Hall–Kier alpha value is -2.81. The van der Waals surface area contributed by atoms with E-state index in [2.05, 4.69) is 26.4 Å². The summed E-state index contributed by atoms with van der Waals surface area (Å²) in [5.74, 6) is 1.65. The number of aromatic nitrogens is 2. The zero-order valence-corrected chi connectivity index (χ0v) is 18.4. The topological polar surface area (TPSA) is 60.6 Å². The van der Waals surface area contributed by atoms with Crippen LogP contribution in [0.1, 0.15) is 5.56 Å². The van der Waals surface area contributed by atoms with E-state index in [9.17, 15) is 0 Å². The second-order valence-corrected chi connectivity index (χ2v) is 8.82. The molecule has 0 atom stereocenters. The molecule has 1 fully saturated rings. The van der Waals surface area contributed by atoms with Crippen LogP contribution in [0.15, 0.2) is 81.5 Å². The minimum Gasteiger partial charge on any atom is -0.487 e. The maximum atomic E-state index is 6.25. The van der Waals surface area contributed by atoms with E-state index in [4.69, 9.17) is 13.9 Å². The van der Waals surface area contributed by atoms with Crippen LogP contribution in [0.5, 0.6) is 5.75 Å². The maximum absolute atomic E-state index is 6.25. The molecular formula is C23H21N3O3S2. The Morgan fingerprint density at radius 3 is 2.71 bits per heavy atom. The maximum Gasteiger partial charge on any atom is 0.147 e. The number of furan rings is 1. The van der Waals surface area contributed by atoms with Gasteiger partial charge in [-0.05, 0) is 47.1 Å². The van der Waals surface area contributed by atoms with E-state index in [1.807, 2.05) is 48.7 Å². The Bertz CT molecular complexity index is 1110. The van der Waals surface area contributed by atoms with E-state index < -0.39 is 0 Å². The fraction of sp³-hybridized carbons (Fsp3) is 0.217. The minimum absolute atomic E-state index is 0.506. The van der Waals surface area contributed by atoms with E-state index >= 15 is 0 Å². The van der Waals surface area contributed by atoms with Gasteiger partial charge in [-0.25, -0.2) is 4.98 Å². The summed E-state index contributed by atoms with van der Waals surface area (Å²) in [4.78, 5) is 7.94. The molecule has 158 valence electrons. The van der Waals surface area contributed by atoms with Gasteiger partial charge in [0.15, 0.2) is 0 Å². The smallest absolute Gasteiger partial charge is 0.147 e. The van der Waals surface area contributed by atoms with Crippen molar-refractivity contribution in [3.8, 4) is 16.4 Å². The Labute approximate surface area is 189 Å². The zero-order valence-electron chi connectivity index (χ0n) is 16.8. The number of hydrogen-bond acceptors (Lipinski definition) is 8. The Balaban J connectivity index is 1.37. The summed E-state index contributed by atoms with van der Waals surface area (Å²) in [6, 6.07) is 18.0. The van der Waals surface area contributed by atoms with Crippen LogP contribution < -0.4 is 9.64 Å². The average Bonchev–Trinajstić information content (AvgIpc) is 3.51. The number of morpholine rings is 1. The first kappa shape index (κ1) is 20.1. The van der Waals surface area contributed by atoms with Crippen LogP contribution in [0, 0.1) is 0 Å². The molecule has 4 heterocycles. The lowest BCUT2D eigenvalue weighted by atomic mass is 10.2. The van der Waals surface area contributed by atoms with E-state index in [1.54, 1.807) is 6.26 Å². The van der Waals surface area contributed by atoms with Gasteiger partial charge in [-0.1, -0.05) is 30.3 Å². The van der Waals surface area contributed by atoms with Crippen molar-refractivity contribution in [2.75, 3.05) is 31.2 Å².